The fourth-order valence-electron chi connectivity index (χ4n) is 2.44. The van der Waals surface area contributed by atoms with Crippen LogP contribution in [-0.4, -0.2) is 12.5 Å². The summed E-state index contributed by atoms with van der Waals surface area (Å²) in [6.45, 7) is 2.58. The average molecular weight is 333 g/mol. The Balaban J connectivity index is 1.73. The molecular formula is C21H19NO3. The Morgan fingerprint density at radius 3 is 2.64 bits per heavy atom. The molecule has 0 bridgehead atoms. The molecule has 1 heterocycles. The molecule has 0 saturated heterocycles. The number of amides is 1. The van der Waals surface area contributed by atoms with Crippen LogP contribution in [0.1, 0.15) is 12.7 Å². The van der Waals surface area contributed by atoms with E-state index in [-0.39, 0.29) is 5.91 Å². The lowest BCUT2D eigenvalue weighted by Gasteiger charge is -2.08. The molecule has 0 unspecified atom stereocenters. The van der Waals surface area contributed by atoms with Crippen LogP contribution in [0.15, 0.2) is 77.4 Å². The smallest absolute Gasteiger partial charge is 0.248 e. The van der Waals surface area contributed by atoms with Crippen molar-refractivity contribution in [3.63, 3.8) is 0 Å². The lowest BCUT2D eigenvalue weighted by molar-refractivity contribution is -0.111. The lowest BCUT2D eigenvalue weighted by Crippen LogP contribution is -2.07. The molecule has 3 aromatic rings. The summed E-state index contributed by atoms with van der Waals surface area (Å²) in [5.74, 6) is 1.25. The van der Waals surface area contributed by atoms with Gasteiger partial charge >= 0.3 is 0 Å². The highest BCUT2D eigenvalue weighted by molar-refractivity contribution is 6.02. The Labute approximate surface area is 146 Å². The number of hydrogen-bond donors (Lipinski definition) is 1. The molecule has 1 amide bonds. The number of carbonyl (C=O) groups is 1. The highest BCUT2D eigenvalue weighted by atomic mass is 16.5. The summed E-state index contributed by atoms with van der Waals surface area (Å²) in [5, 5.41) is 2.86. The molecule has 0 spiro atoms. The second kappa shape index (κ2) is 8.02. The standard InChI is InChI=1S/C21H19NO3/c1-2-24-20-9-4-7-17(15-20)16-6-3-8-18(14-16)22-21(23)12-11-19-10-5-13-25-19/h3-15H,2H2,1H3,(H,22,23)/b12-11+. The lowest BCUT2D eigenvalue weighted by atomic mass is 10.0. The third-order valence-electron chi connectivity index (χ3n) is 3.55. The zero-order valence-corrected chi connectivity index (χ0v) is 13.9. The van der Waals surface area contributed by atoms with Crippen molar-refractivity contribution < 1.29 is 13.9 Å². The van der Waals surface area contributed by atoms with E-state index in [9.17, 15) is 4.79 Å². The van der Waals surface area contributed by atoms with Gasteiger partial charge in [-0.3, -0.25) is 4.79 Å². The zero-order chi connectivity index (χ0) is 17.5. The molecule has 3 rings (SSSR count). The summed E-state index contributed by atoms with van der Waals surface area (Å²) in [6.07, 6.45) is 4.64. The van der Waals surface area contributed by atoms with Gasteiger partial charge < -0.3 is 14.5 Å². The first-order valence-corrected chi connectivity index (χ1v) is 8.10. The predicted octanol–water partition coefficient (Wildman–Crippen LogP) is 5.00. The number of benzene rings is 2. The van der Waals surface area contributed by atoms with Gasteiger partial charge in [0.2, 0.25) is 5.91 Å². The molecule has 0 aliphatic heterocycles. The summed E-state index contributed by atoms with van der Waals surface area (Å²) in [5.41, 5.74) is 2.77. The first kappa shape index (κ1) is 16.6. The molecule has 25 heavy (non-hydrogen) atoms. The Morgan fingerprint density at radius 1 is 1.08 bits per heavy atom. The van der Waals surface area contributed by atoms with E-state index in [0.717, 1.165) is 22.6 Å². The predicted molar refractivity (Wildman–Crippen MR) is 99.4 cm³/mol. The summed E-state index contributed by atoms with van der Waals surface area (Å²) in [4.78, 5) is 12.0. The second-order valence-corrected chi connectivity index (χ2v) is 5.38. The summed E-state index contributed by atoms with van der Waals surface area (Å²) < 4.78 is 10.7. The van der Waals surface area contributed by atoms with Crippen LogP contribution in [0.25, 0.3) is 17.2 Å². The van der Waals surface area contributed by atoms with Gasteiger partial charge in [-0.05, 0) is 60.5 Å². The largest absolute Gasteiger partial charge is 0.494 e. The molecule has 0 radical (unpaired) electrons. The Morgan fingerprint density at radius 2 is 1.88 bits per heavy atom. The monoisotopic (exact) mass is 333 g/mol. The molecule has 4 heteroatoms. The summed E-state index contributed by atoms with van der Waals surface area (Å²) in [6, 6.07) is 19.1. The van der Waals surface area contributed by atoms with Gasteiger partial charge in [0.1, 0.15) is 11.5 Å². The molecule has 0 fully saturated rings. The molecule has 2 aromatic carbocycles. The van der Waals surface area contributed by atoms with Crippen molar-refractivity contribution in [1.82, 2.24) is 0 Å². The Bertz CT molecular complexity index is 866. The van der Waals surface area contributed by atoms with Crippen LogP contribution in [0, 0.1) is 0 Å². The first-order chi connectivity index (χ1) is 12.2. The third-order valence-corrected chi connectivity index (χ3v) is 3.55. The average Bonchev–Trinajstić information content (AvgIpc) is 3.14. The van der Waals surface area contributed by atoms with Crippen molar-refractivity contribution in [3.8, 4) is 16.9 Å². The quantitative estimate of drug-likeness (QED) is 0.646. The second-order valence-electron chi connectivity index (χ2n) is 5.38. The van der Waals surface area contributed by atoms with Crippen LogP contribution >= 0.6 is 0 Å². The number of nitrogens with one attached hydrogen (secondary N) is 1. The van der Waals surface area contributed by atoms with Gasteiger partial charge in [-0.2, -0.15) is 0 Å². The zero-order valence-electron chi connectivity index (χ0n) is 13.9. The topological polar surface area (TPSA) is 51.5 Å². The highest BCUT2D eigenvalue weighted by Gasteiger charge is 2.03. The van der Waals surface area contributed by atoms with E-state index in [2.05, 4.69) is 5.32 Å². The van der Waals surface area contributed by atoms with Crippen LogP contribution < -0.4 is 10.1 Å². The minimum Gasteiger partial charge on any atom is -0.494 e. The van der Waals surface area contributed by atoms with Crippen molar-refractivity contribution in [2.45, 2.75) is 6.92 Å². The molecule has 4 nitrogen and oxygen atoms in total. The Kier molecular flexibility index (Phi) is 5.32. The van der Waals surface area contributed by atoms with Crippen molar-refractivity contribution in [2.24, 2.45) is 0 Å². The van der Waals surface area contributed by atoms with Crippen LogP contribution in [0.5, 0.6) is 5.75 Å². The van der Waals surface area contributed by atoms with Crippen LogP contribution in [0.4, 0.5) is 5.69 Å². The minimum atomic E-state index is -0.211. The van der Waals surface area contributed by atoms with E-state index in [1.807, 2.05) is 55.5 Å². The van der Waals surface area contributed by atoms with Gasteiger partial charge in [-0.15, -0.1) is 0 Å². The number of ether oxygens (including phenoxy) is 1. The molecule has 0 atom stereocenters. The van der Waals surface area contributed by atoms with Crippen molar-refractivity contribution in [2.75, 3.05) is 11.9 Å². The van der Waals surface area contributed by atoms with E-state index >= 15 is 0 Å². The fourth-order valence-corrected chi connectivity index (χ4v) is 2.44. The molecular weight excluding hydrogens is 314 g/mol. The van der Waals surface area contributed by atoms with Crippen LogP contribution in [-0.2, 0) is 4.79 Å². The maximum absolute atomic E-state index is 12.0. The molecule has 1 aromatic heterocycles. The third kappa shape index (κ3) is 4.61. The van der Waals surface area contributed by atoms with Gasteiger partial charge in [0.25, 0.3) is 0 Å². The van der Waals surface area contributed by atoms with Gasteiger partial charge in [-0.1, -0.05) is 24.3 Å². The highest BCUT2D eigenvalue weighted by Crippen LogP contribution is 2.26. The first-order valence-electron chi connectivity index (χ1n) is 8.10. The number of hydrogen-bond acceptors (Lipinski definition) is 3. The van der Waals surface area contributed by atoms with Gasteiger partial charge in [0, 0.05) is 11.8 Å². The van der Waals surface area contributed by atoms with Gasteiger partial charge in [0.05, 0.1) is 12.9 Å². The van der Waals surface area contributed by atoms with Gasteiger partial charge in [-0.25, -0.2) is 0 Å². The normalized spacial score (nSPS) is 10.8. The number of furan rings is 1. The molecule has 1 N–H and O–H groups in total. The van der Waals surface area contributed by atoms with E-state index in [4.69, 9.17) is 9.15 Å². The van der Waals surface area contributed by atoms with Crippen molar-refractivity contribution in [1.29, 1.82) is 0 Å². The number of rotatable bonds is 6. The van der Waals surface area contributed by atoms with Crippen molar-refractivity contribution in [3.05, 3.63) is 78.8 Å². The summed E-state index contributed by atoms with van der Waals surface area (Å²) in [7, 11) is 0. The fraction of sp³-hybridized carbons (Fsp3) is 0.0952. The maximum atomic E-state index is 12.0. The maximum Gasteiger partial charge on any atom is 0.248 e. The SMILES string of the molecule is CCOc1cccc(-c2cccc(NC(=O)/C=C/c3ccco3)c2)c1. The number of anilines is 1. The van der Waals surface area contributed by atoms with Gasteiger partial charge in [0.15, 0.2) is 0 Å². The molecule has 126 valence electrons. The van der Waals surface area contributed by atoms with E-state index < -0.39 is 0 Å². The van der Waals surface area contributed by atoms with Crippen LogP contribution in [0.2, 0.25) is 0 Å². The summed E-state index contributed by atoms with van der Waals surface area (Å²) >= 11 is 0. The molecule has 0 aliphatic rings. The number of carbonyl (C=O) groups excluding carboxylic acids is 1. The minimum absolute atomic E-state index is 0.211. The van der Waals surface area contributed by atoms with E-state index in [1.54, 1.807) is 24.5 Å². The Hall–Kier alpha value is -3.27. The van der Waals surface area contributed by atoms with E-state index in [1.165, 1.54) is 6.08 Å². The van der Waals surface area contributed by atoms with E-state index in [0.29, 0.717) is 12.4 Å². The molecule has 0 saturated carbocycles. The van der Waals surface area contributed by atoms with Crippen molar-refractivity contribution >= 4 is 17.7 Å². The molecule has 0 aliphatic carbocycles. The van der Waals surface area contributed by atoms with Crippen LogP contribution in [0.3, 0.4) is 0 Å².